The smallest absolute Gasteiger partial charge is 0.123 e. The Labute approximate surface area is 125 Å². The summed E-state index contributed by atoms with van der Waals surface area (Å²) < 4.78 is 14.1. The number of rotatable bonds is 4. The molecule has 0 aliphatic rings. The molecule has 0 amide bonds. The molecule has 1 unspecified atom stereocenters. The molecule has 0 saturated heterocycles. The van der Waals surface area contributed by atoms with Crippen LogP contribution in [-0.4, -0.2) is 0 Å². The molecule has 19 heavy (non-hydrogen) atoms. The fourth-order valence-corrected chi connectivity index (χ4v) is 2.56. The van der Waals surface area contributed by atoms with Crippen molar-refractivity contribution in [3.63, 3.8) is 0 Å². The van der Waals surface area contributed by atoms with Crippen molar-refractivity contribution in [2.45, 2.75) is 19.5 Å². The van der Waals surface area contributed by atoms with E-state index in [1.54, 1.807) is 12.1 Å². The van der Waals surface area contributed by atoms with Gasteiger partial charge in [0.15, 0.2) is 0 Å². The zero-order valence-corrected chi connectivity index (χ0v) is 12.8. The molecular weight excluding hydrogens is 329 g/mol. The number of nitrogens with one attached hydrogen (secondary N) is 1. The molecule has 4 heteroatoms. The van der Waals surface area contributed by atoms with Gasteiger partial charge in [-0.2, -0.15) is 0 Å². The summed E-state index contributed by atoms with van der Waals surface area (Å²) in [5.74, 6) is -0.215. The molecule has 2 aromatic rings. The fraction of sp³-hybridized carbons (Fsp3) is 0.200. The van der Waals surface area contributed by atoms with Crippen molar-refractivity contribution in [3.05, 3.63) is 68.9 Å². The van der Waals surface area contributed by atoms with Crippen LogP contribution in [-0.2, 0) is 6.54 Å². The Morgan fingerprint density at radius 1 is 1.26 bits per heavy atom. The van der Waals surface area contributed by atoms with E-state index in [9.17, 15) is 4.39 Å². The van der Waals surface area contributed by atoms with Crippen molar-refractivity contribution >= 4 is 27.5 Å². The maximum Gasteiger partial charge on any atom is 0.123 e. The molecular formula is C15H14BrClFN. The summed E-state index contributed by atoms with van der Waals surface area (Å²) in [5.41, 5.74) is 1.95. The molecule has 0 bridgehead atoms. The Hall–Kier alpha value is -0.900. The normalized spacial score (nSPS) is 12.4. The van der Waals surface area contributed by atoms with Gasteiger partial charge in [-0.15, -0.1) is 0 Å². The molecule has 0 aliphatic heterocycles. The van der Waals surface area contributed by atoms with E-state index >= 15 is 0 Å². The molecule has 0 saturated carbocycles. The van der Waals surface area contributed by atoms with Crippen LogP contribution in [0.15, 0.2) is 46.9 Å². The molecule has 1 N–H and O–H groups in total. The maximum atomic E-state index is 13.1. The Morgan fingerprint density at radius 3 is 2.74 bits per heavy atom. The third-order valence-corrected chi connectivity index (χ3v) is 3.81. The summed E-state index contributed by atoms with van der Waals surface area (Å²) in [6.45, 7) is 2.64. The van der Waals surface area contributed by atoms with Crippen LogP contribution in [0.4, 0.5) is 4.39 Å². The number of halogens is 3. The maximum absolute atomic E-state index is 13.1. The first-order valence-corrected chi connectivity index (χ1v) is 7.16. The minimum Gasteiger partial charge on any atom is -0.306 e. The van der Waals surface area contributed by atoms with Gasteiger partial charge in [-0.05, 0) is 42.3 Å². The van der Waals surface area contributed by atoms with Crippen molar-refractivity contribution in [1.82, 2.24) is 5.32 Å². The summed E-state index contributed by atoms with van der Waals surface area (Å²) in [4.78, 5) is 0. The number of hydrogen-bond acceptors (Lipinski definition) is 1. The second-order valence-electron chi connectivity index (χ2n) is 4.39. The minimum absolute atomic E-state index is 0.0652. The summed E-state index contributed by atoms with van der Waals surface area (Å²) in [6.07, 6.45) is 0. The van der Waals surface area contributed by atoms with E-state index in [0.717, 1.165) is 15.6 Å². The standard InChI is InChI=1S/C15H14BrClFN/c1-10(11-3-2-4-14(18)7-11)19-9-12-5-6-13(16)8-15(12)17/h2-8,10,19H,9H2,1H3. The van der Waals surface area contributed by atoms with Gasteiger partial charge in [0.05, 0.1) is 0 Å². The van der Waals surface area contributed by atoms with Crippen molar-refractivity contribution in [2.24, 2.45) is 0 Å². The molecule has 0 aliphatic carbocycles. The third-order valence-electron chi connectivity index (χ3n) is 2.96. The van der Waals surface area contributed by atoms with E-state index in [1.807, 2.05) is 31.2 Å². The van der Waals surface area contributed by atoms with Gasteiger partial charge in [-0.25, -0.2) is 4.39 Å². The highest BCUT2D eigenvalue weighted by Gasteiger charge is 2.07. The van der Waals surface area contributed by atoms with Gasteiger partial charge < -0.3 is 5.32 Å². The lowest BCUT2D eigenvalue weighted by atomic mass is 10.1. The second-order valence-corrected chi connectivity index (χ2v) is 5.72. The Bertz CT molecular complexity index is 574. The van der Waals surface area contributed by atoms with E-state index in [-0.39, 0.29) is 11.9 Å². The van der Waals surface area contributed by atoms with Gasteiger partial charge in [0.2, 0.25) is 0 Å². The lowest BCUT2D eigenvalue weighted by molar-refractivity contribution is 0.565. The highest BCUT2D eigenvalue weighted by molar-refractivity contribution is 9.10. The molecule has 0 aromatic heterocycles. The van der Waals surface area contributed by atoms with E-state index in [0.29, 0.717) is 11.6 Å². The van der Waals surface area contributed by atoms with Crippen LogP contribution < -0.4 is 5.32 Å². The molecule has 1 nitrogen and oxygen atoms in total. The molecule has 2 aromatic carbocycles. The first-order valence-electron chi connectivity index (χ1n) is 5.99. The van der Waals surface area contributed by atoms with Gasteiger partial charge in [0.1, 0.15) is 5.82 Å². The van der Waals surface area contributed by atoms with E-state index in [4.69, 9.17) is 11.6 Å². The van der Waals surface area contributed by atoms with E-state index in [2.05, 4.69) is 21.2 Å². The van der Waals surface area contributed by atoms with Gasteiger partial charge in [-0.1, -0.05) is 45.7 Å². The van der Waals surface area contributed by atoms with E-state index < -0.39 is 0 Å². The SMILES string of the molecule is CC(NCc1ccc(Br)cc1Cl)c1cccc(F)c1. The molecule has 0 radical (unpaired) electrons. The highest BCUT2D eigenvalue weighted by Crippen LogP contribution is 2.22. The van der Waals surface area contributed by atoms with Crippen LogP contribution >= 0.6 is 27.5 Å². The lowest BCUT2D eigenvalue weighted by Gasteiger charge is -2.15. The topological polar surface area (TPSA) is 12.0 Å². The second kappa shape index (κ2) is 6.51. The average Bonchev–Trinajstić information content (AvgIpc) is 2.37. The first kappa shape index (κ1) is 14.5. The largest absolute Gasteiger partial charge is 0.306 e. The summed E-state index contributed by atoms with van der Waals surface area (Å²) in [7, 11) is 0. The predicted octanol–water partition coefficient (Wildman–Crippen LogP) is 5.09. The zero-order chi connectivity index (χ0) is 13.8. The molecule has 0 spiro atoms. The van der Waals surface area contributed by atoms with Crippen LogP contribution in [0, 0.1) is 5.82 Å². The molecule has 2 rings (SSSR count). The highest BCUT2D eigenvalue weighted by atomic mass is 79.9. The van der Waals surface area contributed by atoms with Gasteiger partial charge in [0, 0.05) is 22.1 Å². The van der Waals surface area contributed by atoms with Gasteiger partial charge in [0.25, 0.3) is 0 Å². The van der Waals surface area contributed by atoms with Crippen LogP contribution in [0.1, 0.15) is 24.1 Å². The van der Waals surface area contributed by atoms with E-state index in [1.165, 1.54) is 6.07 Å². The summed E-state index contributed by atoms with van der Waals surface area (Å²) >= 11 is 9.53. The first-order chi connectivity index (χ1) is 9.06. The fourth-order valence-electron chi connectivity index (χ4n) is 1.82. The summed E-state index contributed by atoms with van der Waals surface area (Å²) in [5, 5.41) is 4.05. The minimum atomic E-state index is -0.215. The monoisotopic (exact) mass is 341 g/mol. The Morgan fingerprint density at radius 2 is 2.05 bits per heavy atom. The van der Waals surface area contributed by atoms with Crippen molar-refractivity contribution in [1.29, 1.82) is 0 Å². The van der Waals surface area contributed by atoms with Crippen molar-refractivity contribution in [2.75, 3.05) is 0 Å². The van der Waals surface area contributed by atoms with Crippen LogP contribution in [0.25, 0.3) is 0 Å². The molecule has 1 atom stereocenters. The van der Waals surface area contributed by atoms with Crippen LogP contribution in [0.3, 0.4) is 0 Å². The lowest BCUT2D eigenvalue weighted by Crippen LogP contribution is -2.18. The van der Waals surface area contributed by atoms with Crippen molar-refractivity contribution < 1.29 is 4.39 Å². The zero-order valence-electron chi connectivity index (χ0n) is 10.5. The van der Waals surface area contributed by atoms with Crippen LogP contribution in [0.5, 0.6) is 0 Å². The van der Waals surface area contributed by atoms with Crippen molar-refractivity contribution in [3.8, 4) is 0 Å². The Kier molecular flexibility index (Phi) is 4.97. The van der Waals surface area contributed by atoms with Crippen LogP contribution in [0.2, 0.25) is 5.02 Å². The Balaban J connectivity index is 2.02. The van der Waals surface area contributed by atoms with Gasteiger partial charge >= 0.3 is 0 Å². The quantitative estimate of drug-likeness (QED) is 0.816. The van der Waals surface area contributed by atoms with Gasteiger partial charge in [-0.3, -0.25) is 0 Å². The average molecular weight is 343 g/mol. The molecule has 0 fully saturated rings. The molecule has 100 valence electrons. The molecule has 0 heterocycles. The number of hydrogen-bond donors (Lipinski definition) is 1. The predicted molar refractivity (Wildman–Crippen MR) is 80.8 cm³/mol. The third kappa shape index (κ3) is 4.03. The number of benzene rings is 2. The summed E-state index contributed by atoms with van der Waals surface area (Å²) in [6, 6.07) is 12.5.